The van der Waals surface area contributed by atoms with Gasteiger partial charge < -0.3 is 22.9 Å². The lowest BCUT2D eigenvalue weighted by Gasteiger charge is -2.14. The fourth-order valence-corrected chi connectivity index (χ4v) is 2.00. The van der Waals surface area contributed by atoms with E-state index in [-0.39, 0.29) is 0 Å². The highest BCUT2D eigenvalue weighted by Crippen LogP contribution is 2.32. The van der Waals surface area contributed by atoms with Gasteiger partial charge in [0.25, 0.3) is 0 Å². The van der Waals surface area contributed by atoms with Crippen molar-refractivity contribution < 1.29 is 0 Å². The van der Waals surface area contributed by atoms with Crippen molar-refractivity contribution in [3.63, 3.8) is 0 Å². The van der Waals surface area contributed by atoms with E-state index in [4.69, 9.17) is 22.9 Å². The Kier molecular flexibility index (Phi) is 3.28. The molecule has 0 aliphatic heterocycles. The maximum absolute atomic E-state index is 5.96. The van der Waals surface area contributed by atoms with Gasteiger partial charge in [-0.15, -0.1) is 0 Å². The molecule has 0 unspecified atom stereocenters. The van der Waals surface area contributed by atoms with Gasteiger partial charge in [0.05, 0.1) is 22.7 Å². The van der Waals surface area contributed by atoms with Crippen LogP contribution in [0.4, 0.5) is 22.7 Å². The van der Waals surface area contributed by atoms with Crippen molar-refractivity contribution in [2.24, 2.45) is 0 Å². The van der Waals surface area contributed by atoms with Crippen LogP contribution in [0.1, 0.15) is 11.1 Å². The molecular formula is C14H18N4. The number of hydrogen-bond acceptors (Lipinski definition) is 4. The number of nitrogen functional groups attached to an aromatic ring is 4. The summed E-state index contributed by atoms with van der Waals surface area (Å²) in [5, 5.41) is 0. The van der Waals surface area contributed by atoms with E-state index in [1.54, 1.807) is 6.07 Å². The van der Waals surface area contributed by atoms with Gasteiger partial charge >= 0.3 is 0 Å². The van der Waals surface area contributed by atoms with E-state index in [2.05, 4.69) is 12.1 Å². The van der Waals surface area contributed by atoms with Crippen LogP contribution in [0.5, 0.6) is 0 Å². The quantitative estimate of drug-likeness (QED) is 0.616. The number of rotatable bonds is 3. The molecule has 0 aliphatic rings. The molecule has 4 nitrogen and oxygen atoms in total. The fourth-order valence-electron chi connectivity index (χ4n) is 2.00. The van der Waals surface area contributed by atoms with E-state index in [0.29, 0.717) is 22.7 Å². The van der Waals surface area contributed by atoms with Crippen molar-refractivity contribution in [3.8, 4) is 0 Å². The van der Waals surface area contributed by atoms with E-state index in [1.165, 1.54) is 5.56 Å². The lowest BCUT2D eigenvalue weighted by atomic mass is 9.99. The molecule has 0 bridgehead atoms. The molecule has 94 valence electrons. The average Bonchev–Trinajstić information content (AvgIpc) is 2.38. The second kappa shape index (κ2) is 4.87. The smallest absolute Gasteiger partial charge is 0.0602 e. The van der Waals surface area contributed by atoms with Crippen LogP contribution in [0.3, 0.4) is 0 Å². The third-order valence-corrected chi connectivity index (χ3v) is 3.09. The standard InChI is InChI=1S/C14H18N4/c15-11-8-12(16)14(18)10(13(11)17)7-6-9-4-2-1-3-5-9/h1-5,8H,6-7,15-18H2. The Bertz CT molecular complexity index is 523. The maximum Gasteiger partial charge on any atom is 0.0602 e. The van der Waals surface area contributed by atoms with Crippen LogP contribution in [0, 0.1) is 0 Å². The van der Waals surface area contributed by atoms with Crippen LogP contribution < -0.4 is 22.9 Å². The first-order chi connectivity index (χ1) is 8.59. The van der Waals surface area contributed by atoms with Crippen molar-refractivity contribution >= 4 is 22.7 Å². The van der Waals surface area contributed by atoms with Crippen LogP contribution in [-0.2, 0) is 12.8 Å². The number of hydrogen-bond donors (Lipinski definition) is 4. The molecule has 4 heteroatoms. The van der Waals surface area contributed by atoms with Gasteiger partial charge in [-0.3, -0.25) is 0 Å². The van der Waals surface area contributed by atoms with E-state index in [0.717, 1.165) is 18.4 Å². The molecule has 0 amide bonds. The molecule has 2 aromatic carbocycles. The third-order valence-electron chi connectivity index (χ3n) is 3.09. The molecule has 2 rings (SSSR count). The third kappa shape index (κ3) is 2.32. The van der Waals surface area contributed by atoms with Crippen molar-refractivity contribution in [3.05, 3.63) is 47.5 Å². The summed E-state index contributed by atoms with van der Waals surface area (Å²) in [5.74, 6) is 0. The van der Waals surface area contributed by atoms with Crippen molar-refractivity contribution in [2.45, 2.75) is 12.8 Å². The summed E-state index contributed by atoms with van der Waals surface area (Å²) in [4.78, 5) is 0. The Hall–Kier alpha value is -2.36. The van der Waals surface area contributed by atoms with E-state index >= 15 is 0 Å². The Balaban J connectivity index is 2.24. The molecule has 0 aliphatic carbocycles. The second-order valence-electron chi connectivity index (χ2n) is 4.35. The minimum absolute atomic E-state index is 0.491. The van der Waals surface area contributed by atoms with Gasteiger partial charge in [0, 0.05) is 5.56 Å². The normalized spacial score (nSPS) is 10.4. The average molecular weight is 242 g/mol. The Morgan fingerprint density at radius 3 is 1.83 bits per heavy atom. The topological polar surface area (TPSA) is 104 Å². The van der Waals surface area contributed by atoms with Gasteiger partial charge in [0.1, 0.15) is 0 Å². The van der Waals surface area contributed by atoms with E-state index in [1.807, 2.05) is 18.2 Å². The first-order valence-electron chi connectivity index (χ1n) is 5.85. The predicted molar refractivity (Wildman–Crippen MR) is 77.9 cm³/mol. The first kappa shape index (κ1) is 12.1. The van der Waals surface area contributed by atoms with Gasteiger partial charge in [-0.2, -0.15) is 0 Å². The molecule has 0 spiro atoms. The number of anilines is 4. The van der Waals surface area contributed by atoms with Gasteiger partial charge in [0.15, 0.2) is 0 Å². The van der Waals surface area contributed by atoms with Crippen LogP contribution in [-0.4, -0.2) is 0 Å². The monoisotopic (exact) mass is 242 g/mol. The summed E-state index contributed by atoms with van der Waals surface area (Å²) < 4.78 is 0. The van der Waals surface area contributed by atoms with E-state index in [9.17, 15) is 0 Å². The second-order valence-corrected chi connectivity index (χ2v) is 4.35. The number of nitrogens with two attached hydrogens (primary N) is 4. The summed E-state index contributed by atoms with van der Waals surface area (Å²) in [7, 11) is 0. The first-order valence-corrected chi connectivity index (χ1v) is 5.85. The summed E-state index contributed by atoms with van der Waals surface area (Å²) in [6.45, 7) is 0. The Labute approximate surface area is 107 Å². The summed E-state index contributed by atoms with van der Waals surface area (Å²) in [6, 6.07) is 11.8. The lowest BCUT2D eigenvalue weighted by Crippen LogP contribution is -2.08. The molecular weight excluding hydrogens is 224 g/mol. The number of aryl methyl sites for hydroxylation is 1. The van der Waals surface area contributed by atoms with Crippen molar-refractivity contribution in [2.75, 3.05) is 22.9 Å². The predicted octanol–water partition coefficient (Wildman–Crippen LogP) is 1.80. The van der Waals surface area contributed by atoms with Crippen LogP contribution in [0.15, 0.2) is 36.4 Å². The Morgan fingerprint density at radius 1 is 0.722 bits per heavy atom. The zero-order valence-electron chi connectivity index (χ0n) is 10.2. The molecule has 18 heavy (non-hydrogen) atoms. The highest BCUT2D eigenvalue weighted by atomic mass is 14.7. The largest absolute Gasteiger partial charge is 0.397 e. The number of benzene rings is 2. The SMILES string of the molecule is Nc1cc(N)c(N)c(CCc2ccccc2)c1N. The Morgan fingerprint density at radius 2 is 1.28 bits per heavy atom. The molecule has 0 saturated carbocycles. The van der Waals surface area contributed by atoms with Crippen LogP contribution in [0.2, 0.25) is 0 Å². The van der Waals surface area contributed by atoms with E-state index < -0.39 is 0 Å². The molecule has 2 aromatic rings. The van der Waals surface area contributed by atoms with Gasteiger partial charge in [-0.25, -0.2) is 0 Å². The van der Waals surface area contributed by atoms with Gasteiger partial charge in [-0.05, 0) is 24.5 Å². The molecule has 8 N–H and O–H groups in total. The van der Waals surface area contributed by atoms with Gasteiger partial charge in [-0.1, -0.05) is 30.3 Å². The molecule has 0 atom stereocenters. The summed E-state index contributed by atoms with van der Waals surface area (Å²) >= 11 is 0. The minimum Gasteiger partial charge on any atom is -0.397 e. The van der Waals surface area contributed by atoms with Crippen LogP contribution in [0.25, 0.3) is 0 Å². The highest BCUT2D eigenvalue weighted by Gasteiger charge is 2.10. The molecule has 0 saturated heterocycles. The maximum atomic E-state index is 5.96. The molecule has 0 radical (unpaired) electrons. The zero-order chi connectivity index (χ0) is 13.1. The zero-order valence-corrected chi connectivity index (χ0v) is 10.2. The van der Waals surface area contributed by atoms with Crippen molar-refractivity contribution in [1.82, 2.24) is 0 Å². The van der Waals surface area contributed by atoms with Gasteiger partial charge in [0.2, 0.25) is 0 Å². The molecule has 0 heterocycles. The molecule has 0 fully saturated rings. The van der Waals surface area contributed by atoms with Crippen molar-refractivity contribution in [1.29, 1.82) is 0 Å². The van der Waals surface area contributed by atoms with Crippen LogP contribution >= 0.6 is 0 Å². The highest BCUT2D eigenvalue weighted by molar-refractivity contribution is 5.83. The molecule has 0 aromatic heterocycles. The summed E-state index contributed by atoms with van der Waals surface area (Å²) in [5.41, 5.74) is 27.6. The lowest BCUT2D eigenvalue weighted by molar-refractivity contribution is 0.966. The minimum atomic E-state index is 0.491. The summed E-state index contributed by atoms with van der Waals surface area (Å²) in [6.07, 6.45) is 1.59. The fraction of sp³-hybridized carbons (Fsp3) is 0.143.